The van der Waals surface area contributed by atoms with Crippen LogP contribution in [0.25, 0.3) is 15.9 Å². The van der Waals surface area contributed by atoms with Gasteiger partial charge in [-0.1, -0.05) is 23.4 Å². The van der Waals surface area contributed by atoms with Crippen molar-refractivity contribution in [3.05, 3.63) is 79.9 Å². The third-order valence-electron chi connectivity index (χ3n) is 5.42. The number of amides is 1. The van der Waals surface area contributed by atoms with Gasteiger partial charge in [-0.25, -0.2) is 10.4 Å². The van der Waals surface area contributed by atoms with Crippen molar-refractivity contribution in [3.63, 3.8) is 0 Å². The zero-order valence-corrected chi connectivity index (χ0v) is 20.2. The predicted octanol–water partition coefficient (Wildman–Crippen LogP) is 4.54. The molecule has 0 saturated heterocycles. The third kappa shape index (κ3) is 4.59. The van der Waals surface area contributed by atoms with Crippen molar-refractivity contribution in [1.82, 2.24) is 15.0 Å². The number of carbonyl (C=O) groups excluding carboxylic acids is 1. The minimum absolute atomic E-state index is 0.0313. The van der Waals surface area contributed by atoms with Crippen LogP contribution in [0.1, 0.15) is 22.4 Å². The van der Waals surface area contributed by atoms with E-state index in [-0.39, 0.29) is 23.0 Å². The predicted molar refractivity (Wildman–Crippen MR) is 137 cm³/mol. The second-order valence-electron chi connectivity index (χ2n) is 7.72. The van der Waals surface area contributed by atoms with Crippen molar-refractivity contribution in [3.8, 4) is 11.4 Å². The Labute approximate surface area is 208 Å². The summed E-state index contributed by atoms with van der Waals surface area (Å²) in [5.41, 5.74) is 4.85. The number of hydrogen-bond donors (Lipinski definition) is 2. The average Bonchev–Trinajstić information content (AvgIpc) is 3.41. The lowest BCUT2D eigenvalue weighted by Crippen LogP contribution is -2.24. The van der Waals surface area contributed by atoms with E-state index in [1.807, 2.05) is 0 Å². The molecule has 0 aliphatic heterocycles. The molecule has 2 aromatic carbocycles. The highest BCUT2D eigenvalue weighted by Gasteiger charge is 2.24. The van der Waals surface area contributed by atoms with Gasteiger partial charge in [-0.05, 0) is 78.9 Å². The van der Waals surface area contributed by atoms with Crippen LogP contribution in [0.4, 0.5) is 0 Å². The number of phenols is 1. The standard InChI is InChI=1S/C24H19ClN4O3S2/c25-15-6-8-16(9-7-15)29-23(32)21-18-2-1-3-19(18)34-22(21)27-24(29)33-13-20(31)28-26-12-14-4-10-17(30)11-5-14/h4-12,30H,1-3,13H2,(H,28,31)/b26-12+. The summed E-state index contributed by atoms with van der Waals surface area (Å²) in [6.07, 6.45) is 4.41. The maximum Gasteiger partial charge on any atom is 0.267 e. The summed E-state index contributed by atoms with van der Waals surface area (Å²) in [5, 5.41) is 15.0. The Morgan fingerprint density at radius 1 is 1.21 bits per heavy atom. The first-order chi connectivity index (χ1) is 16.5. The van der Waals surface area contributed by atoms with E-state index >= 15 is 0 Å². The van der Waals surface area contributed by atoms with E-state index in [0.29, 0.717) is 26.1 Å². The summed E-state index contributed by atoms with van der Waals surface area (Å²) in [6, 6.07) is 13.4. The molecule has 1 aliphatic carbocycles. The first-order valence-corrected chi connectivity index (χ1v) is 12.7. The molecule has 172 valence electrons. The quantitative estimate of drug-likeness (QED) is 0.172. The molecule has 4 aromatic rings. The summed E-state index contributed by atoms with van der Waals surface area (Å²) in [5.74, 6) is -0.140. The maximum atomic E-state index is 13.6. The van der Waals surface area contributed by atoms with Gasteiger partial charge in [0, 0.05) is 9.90 Å². The second kappa shape index (κ2) is 9.61. The van der Waals surface area contributed by atoms with Crippen LogP contribution in [0.2, 0.25) is 5.02 Å². The molecule has 5 rings (SSSR count). The summed E-state index contributed by atoms with van der Waals surface area (Å²) >= 11 is 8.80. The van der Waals surface area contributed by atoms with E-state index in [9.17, 15) is 14.7 Å². The fourth-order valence-corrected chi connectivity index (χ4v) is 6.07. The Morgan fingerprint density at radius 2 is 1.97 bits per heavy atom. The van der Waals surface area contributed by atoms with E-state index < -0.39 is 0 Å². The van der Waals surface area contributed by atoms with Crippen LogP contribution >= 0.6 is 34.7 Å². The molecule has 0 radical (unpaired) electrons. The number of rotatable bonds is 6. The number of aryl methyl sites for hydroxylation is 2. The number of thiophene rings is 1. The van der Waals surface area contributed by atoms with Gasteiger partial charge in [0.2, 0.25) is 0 Å². The monoisotopic (exact) mass is 510 g/mol. The summed E-state index contributed by atoms with van der Waals surface area (Å²) in [4.78, 5) is 32.7. The summed E-state index contributed by atoms with van der Waals surface area (Å²) in [7, 11) is 0. The molecule has 2 aromatic heterocycles. The van der Waals surface area contributed by atoms with Crippen LogP contribution in [-0.4, -0.2) is 32.5 Å². The van der Waals surface area contributed by atoms with Crippen LogP contribution in [0, 0.1) is 0 Å². The normalized spacial score (nSPS) is 13.0. The third-order valence-corrected chi connectivity index (χ3v) is 7.80. The minimum atomic E-state index is -0.328. The first kappa shape index (κ1) is 22.6. The van der Waals surface area contributed by atoms with Crippen molar-refractivity contribution in [2.45, 2.75) is 24.4 Å². The Balaban J connectivity index is 1.41. The molecule has 0 fully saturated rings. The lowest BCUT2D eigenvalue weighted by atomic mass is 10.2. The number of fused-ring (bicyclic) bond motifs is 3. The molecule has 2 heterocycles. The molecule has 1 aliphatic rings. The Morgan fingerprint density at radius 3 is 2.74 bits per heavy atom. The van der Waals surface area contributed by atoms with Crippen molar-refractivity contribution in [2.24, 2.45) is 5.10 Å². The van der Waals surface area contributed by atoms with Crippen molar-refractivity contribution < 1.29 is 9.90 Å². The van der Waals surface area contributed by atoms with Gasteiger partial charge in [-0.15, -0.1) is 11.3 Å². The van der Waals surface area contributed by atoms with Gasteiger partial charge in [-0.2, -0.15) is 5.10 Å². The van der Waals surface area contributed by atoms with Crippen LogP contribution in [0.5, 0.6) is 5.75 Å². The molecule has 1 amide bonds. The lowest BCUT2D eigenvalue weighted by molar-refractivity contribution is -0.118. The highest BCUT2D eigenvalue weighted by molar-refractivity contribution is 7.99. The van der Waals surface area contributed by atoms with Crippen LogP contribution in [0.15, 0.2) is 63.6 Å². The van der Waals surface area contributed by atoms with E-state index in [4.69, 9.17) is 16.6 Å². The van der Waals surface area contributed by atoms with Gasteiger partial charge in [0.1, 0.15) is 10.6 Å². The lowest BCUT2D eigenvalue weighted by Gasteiger charge is -2.12. The Kier molecular flexibility index (Phi) is 6.40. The topological polar surface area (TPSA) is 96.6 Å². The molecule has 0 unspecified atom stereocenters. The number of thioether (sulfide) groups is 1. The number of carbonyl (C=O) groups is 1. The number of hydrogen-bond acceptors (Lipinski definition) is 7. The maximum absolute atomic E-state index is 13.6. The zero-order chi connectivity index (χ0) is 23.7. The smallest absolute Gasteiger partial charge is 0.267 e. The molecular weight excluding hydrogens is 492 g/mol. The van der Waals surface area contributed by atoms with Crippen molar-refractivity contribution >= 4 is 57.0 Å². The number of aromatic hydroxyl groups is 1. The fraction of sp³-hybridized carbons (Fsp3) is 0.167. The SMILES string of the molecule is O=C(CSc1nc2sc3c(c2c(=O)n1-c1ccc(Cl)cc1)CCC3)N/N=C/c1ccc(O)cc1. The fourth-order valence-electron chi connectivity index (χ4n) is 3.84. The molecule has 0 spiro atoms. The van der Waals surface area contributed by atoms with Gasteiger partial charge in [0.15, 0.2) is 5.16 Å². The van der Waals surface area contributed by atoms with Gasteiger partial charge in [0.05, 0.1) is 23.0 Å². The first-order valence-electron chi connectivity index (χ1n) is 10.6. The molecule has 0 bridgehead atoms. The molecule has 2 N–H and O–H groups in total. The minimum Gasteiger partial charge on any atom is -0.508 e. The number of halogens is 1. The molecule has 0 atom stereocenters. The van der Waals surface area contributed by atoms with Gasteiger partial charge in [0.25, 0.3) is 11.5 Å². The summed E-state index contributed by atoms with van der Waals surface area (Å²) in [6.45, 7) is 0. The number of nitrogens with zero attached hydrogens (tertiary/aromatic N) is 3. The summed E-state index contributed by atoms with van der Waals surface area (Å²) < 4.78 is 1.56. The number of phenolic OH excluding ortho intramolecular Hbond substituents is 1. The zero-order valence-electron chi connectivity index (χ0n) is 17.8. The molecular formula is C24H19ClN4O3S2. The van der Waals surface area contributed by atoms with Gasteiger partial charge >= 0.3 is 0 Å². The highest BCUT2D eigenvalue weighted by atomic mass is 35.5. The second-order valence-corrected chi connectivity index (χ2v) is 10.2. The molecule has 0 saturated carbocycles. The van der Waals surface area contributed by atoms with Gasteiger partial charge < -0.3 is 5.11 Å². The largest absolute Gasteiger partial charge is 0.508 e. The van der Waals surface area contributed by atoms with Crippen LogP contribution < -0.4 is 11.0 Å². The molecule has 34 heavy (non-hydrogen) atoms. The average molecular weight is 511 g/mol. The molecule has 10 heteroatoms. The van der Waals surface area contributed by atoms with Crippen molar-refractivity contribution in [2.75, 3.05) is 5.75 Å². The number of benzene rings is 2. The van der Waals surface area contributed by atoms with E-state index in [1.54, 1.807) is 52.3 Å². The van der Waals surface area contributed by atoms with Gasteiger partial charge in [-0.3, -0.25) is 14.2 Å². The number of nitrogens with one attached hydrogen (secondary N) is 1. The Hall–Kier alpha value is -3.14. The number of hydrazone groups is 1. The van der Waals surface area contributed by atoms with Crippen LogP contribution in [-0.2, 0) is 17.6 Å². The van der Waals surface area contributed by atoms with E-state index in [1.165, 1.54) is 35.0 Å². The highest BCUT2D eigenvalue weighted by Crippen LogP contribution is 2.36. The Bertz CT molecular complexity index is 1460. The number of aromatic nitrogens is 2. The van der Waals surface area contributed by atoms with Crippen LogP contribution in [0.3, 0.4) is 0 Å². The van der Waals surface area contributed by atoms with E-state index in [0.717, 1.165) is 30.4 Å². The van der Waals surface area contributed by atoms with Crippen molar-refractivity contribution in [1.29, 1.82) is 0 Å². The van der Waals surface area contributed by atoms with E-state index in [2.05, 4.69) is 10.5 Å². The molecule has 7 nitrogen and oxygen atoms in total.